The van der Waals surface area contributed by atoms with Gasteiger partial charge in [0.1, 0.15) is 13.6 Å². The number of aromatic hydroxyl groups is 1. The van der Waals surface area contributed by atoms with Crippen molar-refractivity contribution >= 4 is 30.0 Å². The molecule has 2 heterocycles. The lowest BCUT2D eigenvalue weighted by Gasteiger charge is -2.28. The second-order valence-corrected chi connectivity index (χ2v) is 6.97. The van der Waals surface area contributed by atoms with Crippen molar-refractivity contribution in [2.45, 2.75) is 19.3 Å². The Labute approximate surface area is 158 Å². The summed E-state index contributed by atoms with van der Waals surface area (Å²) in [4.78, 5) is 15.2. The Morgan fingerprint density at radius 1 is 1.07 bits per heavy atom. The van der Waals surface area contributed by atoms with E-state index in [1.165, 1.54) is 32.1 Å². The summed E-state index contributed by atoms with van der Waals surface area (Å²) in [6, 6.07) is 11.3. The van der Waals surface area contributed by atoms with Crippen LogP contribution in [0, 0.1) is 0 Å². The molecule has 1 saturated heterocycles. The summed E-state index contributed by atoms with van der Waals surface area (Å²) in [6.07, 6.45) is 3.74. The van der Waals surface area contributed by atoms with Crippen molar-refractivity contribution in [3.05, 3.63) is 46.6 Å². The molecule has 2 aromatic carbocycles. The second kappa shape index (κ2) is 7.03. The van der Waals surface area contributed by atoms with Gasteiger partial charge in [-0.25, -0.2) is 0 Å². The molecule has 3 aromatic rings. The molecular formula is C21H22BNO4. The van der Waals surface area contributed by atoms with Gasteiger partial charge in [0, 0.05) is 29.8 Å². The van der Waals surface area contributed by atoms with Crippen LogP contribution in [0.2, 0.25) is 0 Å². The fourth-order valence-corrected chi connectivity index (χ4v) is 3.73. The van der Waals surface area contributed by atoms with Crippen LogP contribution in [0.1, 0.15) is 19.3 Å². The highest BCUT2D eigenvalue weighted by atomic mass is 16.5. The highest BCUT2D eigenvalue weighted by Gasteiger charge is 2.18. The van der Waals surface area contributed by atoms with Crippen molar-refractivity contribution < 1.29 is 14.3 Å². The predicted octanol–water partition coefficient (Wildman–Crippen LogP) is 2.42. The molecule has 1 aliphatic rings. The van der Waals surface area contributed by atoms with Crippen LogP contribution < -0.4 is 20.5 Å². The molecule has 0 atom stereocenters. The molecule has 4 rings (SSSR count). The summed E-state index contributed by atoms with van der Waals surface area (Å²) in [5, 5.41) is 10.7. The van der Waals surface area contributed by atoms with E-state index in [9.17, 15) is 9.90 Å². The monoisotopic (exact) mass is 363 g/mol. The number of rotatable bonds is 3. The minimum atomic E-state index is -0.154. The third-order valence-electron chi connectivity index (χ3n) is 5.30. The number of hydrogen-bond donors (Lipinski definition) is 1. The van der Waals surface area contributed by atoms with Crippen LogP contribution in [-0.4, -0.2) is 33.2 Å². The highest BCUT2D eigenvalue weighted by Crippen LogP contribution is 2.34. The van der Waals surface area contributed by atoms with Gasteiger partial charge in [0.15, 0.2) is 16.8 Å². The topological polar surface area (TPSA) is 62.9 Å². The van der Waals surface area contributed by atoms with Crippen LogP contribution in [0.3, 0.4) is 0 Å². The summed E-state index contributed by atoms with van der Waals surface area (Å²) >= 11 is 0. The number of piperidine rings is 1. The average molecular weight is 363 g/mol. The number of hydrogen-bond acceptors (Lipinski definition) is 5. The second-order valence-electron chi connectivity index (χ2n) is 6.97. The maximum Gasteiger partial charge on any atom is 0.202 e. The van der Waals surface area contributed by atoms with Crippen LogP contribution in [0.4, 0.5) is 5.69 Å². The number of benzene rings is 2. The van der Waals surface area contributed by atoms with Gasteiger partial charge < -0.3 is 19.2 Å². The van der Waals surface area contributed by atoms with Crippen molar-refractivity contribution in [2.24, 2.45) is 0 Å². The number of nitrogens with zero attached hydrogens (tertiary/aromatic N) is 1. The zero-order valence-electron chi connectivity index (χ0n) is 15.6. The minimum Gasteiger partial charge on any atom is -0.502 e. The summed E-state index contributed by atoms with van der Waals surface area (Å²) in [6.45, 7) is 2.16. The van der Waals surface area contributed by atoms with Crippen molar-refractivity contribution in [1.29, 1.82) is 0 Å². The van der Waals surface area contributed by atoms with Crippen molar-refractivity contribution in [2.75, 3.05) is 25.1 Å². The number of methoxy groups -OCH3 is 1. The molecule has 138 valence electrons. The molecule has 0 saturated carbocycles. The number of fused-ring (bicyclic) bond motifs is 1. The molecule has 0 unspecified atom stereocenters. The highest BCUT2D eigenvalue weighted by molar-refractivity contribution is 6.36. The molecule has 0 radical (unpaired) electrons. The summed E-state index contributed by atoms with van der Waals surface area (Å²) in [5.41, 5.74) is 2.53. The molecular weight excluding hydrogens is 341 g/mol. The van der Waals surface area contributed by atoms with Gasteiger partial charge in [0.05, 0.1) is 12.5 Å². The van der Waals surface area contributed by atoms with Gasteiger partial charge in [-0.2, -0.15) is 0 Å². The third kappa shape index (κ3) is 3.05. The van der Waals surface area contributed by atoms with E-state index in [1.807, 2.05) is 12.1 Å². The summed E-state index contributed by atoms with van der Waals surface area (Å²) in [5.74, 6) is 0.598. The third-order valence-corrected chi connectivity index (χ3v) is 5.30. The molecule has 1 N–H and O–H groups in total. The van der Waals surface area contributed by atoms with Gasteiger partial charge >= 0.3 is 0 Å². The number of anilines is 1. The number of ether oxygens (including phenoxy) is 1. The zero-order valence-corrected chi connectivity index (χ0v) is 15.6. The van der Waals surface area contributed by atoms with Gasteiger partial charge in [-0.3, -0.25) is 4.79 Å². The normalized spacial score (nSPS) is 14.5. The fourth-order valence-electron chi connectivity index (χ4n) is 3.73. The Morgan fingerprint density at radius 2 is 1.78 bits per heavy atom. The molecule has 6 heteroatoms. The van der Waals surface area contributed by atoms with Crippen LogP contribution >= 0.6 is 0 Å². The first-order valence-electron chi connectivity index (χ1n) is 9.29. The molecule has 1 aliphatic heterocycles. The largest absolute Gasteiger partial charge is 0.502 e. The first-order chi connectivity index (χ1) is 13.1. The lowest BCUT2D eigenvalue weighted by atomic mass is 9.90. The summed E-state index contributed by atoms with van der Waals surface area (Å²) in [7, 11) is 3.22. The Hall–Kier alpha value is -2.89. The molecule has 0 amide bonds. The van der Waals surface area contributed by atoms with E-state index in [1.54, 1.807) is 20.0 Å². The maximum atomic E-state index is 12.8. The molecule has 0 aliphatic carbocycles. The molecule has 0 bridgehead atoms. The van der Waals surface area contributed by atoms with Gasteiger partial charge in [-0.05, 0) is 55.7 Å². The first kappa shape index (κ1) is 17.5. The molecule has 1 aromatic heterocycles. The SMILES string of the molecule is Bc1c(-c2ccc(N3CCCCC3)cc2)oc2c(O)c(OC)ccc2c1=O. The first-order valence-corrected chi connectivity index (χ1v) is 9.29. The smallest absolute Gasteiger partial charge is 0.202 e. The van der Waals surface area contributed by atoms with E-state index >= 15 is 0 Å². The Kier molecular flexibility index (Phi) is 4.56. The maximum absolute atomic E-state index is 12.8. The van der Waals surface area contributed by atoms with E-state index in [-0.39, 0.29) is 22.5 Å². The average Bonchev–Trinajstić information content (AvgIpc) is 2.72. The quantitative estimate of drug-likeness (QED) is 0.725. The van der Waals surface area contributed by atoms with Crippen molar-refractivity contribution in [3.8, 4) is 22.8 Å². The Bertz CT molecular complexity index is 1040. The van der Waals surface area contributed by atoms with Gasteiger partial charge in [0.25, 0.3) is 0 Å². The van der Waals surface area contributed by atoms with E-state index in [4.69, 9.17) is 9.15 Å². The molecule has 1 fully saturated rings. The fraction of sp³-hybridized carbons (Fsp3) is 0.286. The van der Waals surface area contributed by atoms with Crippen LogP contribution in [0.25, 0.3) is 22.3 Å². The van der Waals surface area contributed by atoms with E-state index in [2.05, 4.69) is 17.0 Å². The van der Waals surface area contributed by atoms with Gasteiger partial charge in [-0.1, -0.05) is 0 Å². The van der Waals surface area contributed by atoms with Crippen LogP contribution in [0.5, 0.6) is 11.5 Å². The number of phenolic OH excluding ortho intramolecular Hbond substituents is 1. The Morgan fingerprint density at radius 3 is 2.44 bits per heavy atom. The van der Waals surface area contributed by atoms with E-state index in [0.717, 1.165) is 18.7 Å². The standard InChI is InChI=1S/C21H22BNO4/c1-26-16-10-9-15-18(24)17(22)20(27-21(15)19(16)25)13-5-7-14(8-6-13)23-11-3-2-4-12-23/h5-10,25H,2-4,11-12,22H2,1H3. The van der Waals surface area contributed by atoms with Gasteiger partial charge in [0.2, 0.25) is 5.75 Å². The minimum absolute atomic E-state index is 0.149. The van der Waals surface area contributed by atoms with Crippen LogP contribution in [-0.2, 0) is 0 Å². The molecule has 0 spiro atoms. The van der Waals surface area contributed by atoms with E-state index in [0.29, 0.717) is 16.6 Å². The summed E-state index contributed by atoms with van der Waals surface area (Å²) < 4.78 is 11.1. The van der Waals surface area contributed by atoms with Crippen molar-refractivity contribution in [1.82, 2.24) is 0 Å². The zero-order chi connectivity index (χ0) is 19.0. The molecule has 27 heavy (non-hydrogen) atoms. The molecule has 5 nitrogen and oxygen atoms in total. The predicted molar refractivity (Wildman–Crippen MR) is 110 cm³/mol. The Balaban J connectivity index is 1.80. The van der Waals surface area contributed by atoms with Gasteiger partial charge in [-0.15, -0.1) is 0 Å². The number of phenols is 1. The van der Waals surface area contributed by atoms with Crippen molar-refractivity contribution in [3.63, 3.8) is 0 Å². The lowest BCUT2D eigenvalue weighted by molar-refractivity contribution is 0.372. The lowest BCUT2D eigenvalue weighted by Crippen LogP contribution is -2.29. The van der Waals surface area contributed by atoms with E-state index < -0.39 is 0 Å². The van der Waals surface area contributed by atoms with Crippen LogP contribution in [0.15, 0.2) is 45.6 Å².